The average molecular weight is 449 g/mol. The number of carbonyl (C=O) groups excluding carboxylic acids is 3. The molecule has 3 heterocycles. The summed E-state index contributed by atoms with van der Waals surface area (Å²) in [6, 6.07) is 14.2. The van der Waals surface area contributed by atoms with Crippen LogP contribution in [-0.2, 0) is 14.3 Å². The maximum atomic E-state index is 13.3. The van der Waals surface area contributed by atoms with Crippen LogP contribution in [0.15, 0.2) is 52.9 Å². The molecule has 9 heteroatoms. The van der Waals surface area contributed by atoms with E-state index in [1.54, 1.807) is 53.4 Å². The van der Waals surface area contributed by atoms with Crippen molar-refractivity contribution in [2.24, 2.45) is 0 Å². The highest BCUT2D eigenvalue weighted by atomic mass is 16.5. The zero-order valence-electron chi connectivity index (χ0n) is 18.1. The molecular weight excluding hydrogens is 426 g/mol. The Bertz CT molecular complexity index is 1230. The summed E-state index contributed by atoms with van der Waals surface area (Å²) < 4.78 is 17.1. The van der Waals surface area contributed by atoms with Gasteiger partial charge >= 0.3 is 0 Å². The summed E-state index contributed by atoms with van der Waals surface area (Å²) in [7, 11) is 0. The molecule has 3 aromatic rings. The topological polar surface area (TPSA) is 101 Å². The molecule has 0 saturated carbocycles. The van der Waals surface area contributed by atoms with Crippen molar-refractivity contribution in [2.45, 2.75) is 13.0 Å². The maximum Gasteiger partial charge on any atom is 0.291 e. The van der Waals surface area contributed by atoms with Gasteiger partial charge < -0.3 is 29.0 Å². The molecule has 0 unspecified atom stereocenters. The summed E-state index contributed by atoms with van der Waals surface area (Å²) in [6.45, 7) is 3.28. The zero-order chi connectivity index (χ0) is 22.9. The van der Waals surface area contributed by atoms with Crippen LogP contribution in [0.25, 0.3) is 11.0 Å². The number of benzene rings is 2. The Morgan fingerprint density at radius 3 is 2.52 bits per heavy atom. The first kappa shape index (κ1) is 21.0. The largest absolute Gasteiger partial charge is 0.476 e. The van der Waals surface area contributed by atoms with Crippen LogP contribution in [-0.4, -0.2) is 61.6 Å². The minimum Gasteiger partial charge on any atom is -0.476 e. The van der Waals surface area contributed by atoms with Crippen LogP contribution in [0.4, 0.5) is 11.4 Å². The van der Waals surface area contributed by atoms with Crippen LogP contribution in [0.2, 0.25) is 0 Å². The molecule has 0 spiro atoms. The van der Waals surface area contributed by atoms with Crippen molar-refractivity contribution in [3.8, 4) is 5.75 Å². The summed E-state index contributed by atoms with van der Waals surface area (Å²) in [5.41, 5.74) is 1.40. The Morgan fingerprint density at radius 2 is 1.73 bits per heavy atom. The fourth-order valence-corrected chi connectivity index (χ4v) is 4.10. The highest BCUT2D eigenvalue weighted by Crippen LogP contribution is 2.35. The smallest absolute Gasteiger partial charge is 0.291 e. The van der Waals surface area contributed by atoms with Gasteiger partial charge in [-0.05, 0) is 24.3 Å². The van der Waals surface area contributed by atoms with Crippen LogP contribution >= 0.6 is 0 Å². The van der Waals surface area contributed by atoms with E-state index < -0.39 is 12.0 Å². The van der Waals surface area contributed by atoms with Crippen LogP contribution in [0, 0.1) is 0 Å². The Balaban J connectivity index is 1.46. The normalized spacial score (nSPS) is 17.9. The molecule has 0 radical (unpaired) electrons. The predicted molar refractivity (Wildman–Crippen MR) is 120 cm³/mol. The number of morpholine rings is 1. The number of fused-ring (bicyclic) bond motifs is 2. The molecule has 1 N–H and O–H groups in total. The minimum absolute atomic E-state index is 0.0563. The number of carbonyl (C=O) groups is 3. The molecule has 0 aliphatic carbocycles. The maximum absolute atomic E-state index is 13.3. The quantitative estimate of drug-likeness (QED) is 0.660. The van der Waals surface area contributed by atoms with Crippen molar-refractivity contribution in [3.63, 3.8) is 0 Å². The number of rotatable bonds is 3. The van der Waals surface area contributed by atoms with E-state index in [0.717, 1.165) is 0 Å². The minimum atomic E-state index is -0.955. The second-order valence-corrected chi connectivity index (χ2v) is 7.90. The van der Waals surface area contributed by atoms with Crippen LogP contribution in [0.1, 0.15) is 17.5 Å². The van der Waals surface area contributed by atoms with Gasteiger partial charge in [0.15, 0.2) is 6.10 Å². The molecule has 0 bridgehead atoms. The van der Waals surface area contributed by atoms with Crippen molar-refractivity contribution < 1.29 is 28.3 Å². The zero-order valence-corrected chi connectivity index (χ0v) is 18.1. The van der Waals surface area contributed by atoms with Gasteiger partial charge in [-0.25, -0.2) is 0 Å². The lowest BCUT2D eigenvalue weighted by molar-refractivity contribution is -0.123. The molecule has 1 fully saturated rings. The lowest BCUT2D eigenvalue weighted by atomic mass is 10.1. The number of nitrogens with zero attached hydrogens (tertiary/aromatic N) is 2. The number of nitrogens with one attached hydrogen (secondary N) is 1. The van der Waals surface area contributed by atoms with E-state index in [2.05, 4.69) is 5.32 Å². The highest BCUT2D eigenvalue weighted by molar-refractivity contribution is 6.12. The summed E-state index contributed by atoms with van der Waals surface area (Å²) in [5.74, 6) is -0.476. The Hall–Kier alpha value is -3.85. The number of anilines is 2. The third kappa shape index (κ3) is 3.91. The van der Waals surface area contributed by atoms with Crippen molar-refractivity contribution in [2.75, 3.05) is 43.1 Å². The third-order valence-corrected chi connectivity index (χ3v) is 5.78. The Morgan fingerprint density at radius 1 is 1.00 bits per heavy atom. The van der Waals surface area contributed by atoms with Gasteiger partial charge in [-0.2, -0.15) is 0 Å². The molecule has 1 saturated heterocycles. The van der Waals surface area contributed by atoms with Gasteiger partial charge in [0.2, 0.25) is 11.7 Å². The van der Waals surface area contributed by atoms with E-state index in [9.17, 15) is 14.4 Å². The number of hydrogen-bond donors (Lipinski definition) is 1. The van der Waals surface area contributed by atoms with E-state index >= 15 is 0 Å². The monoisotopic (exact) mass is 449 g/mol. The van der Waals surface area contributed by atoms with Crippen molar-refractivity contribution in [1.82, 2.24) is 4.90 Å². The number of amides is 3. The first-order chi connectivity index (χ1) is 16.0. The van der Waals surface area contributed by atoms with Crippen molar-refractivity contribution >= 4 is 40.1 Å². The first-order valence-electron chi connectivity index (χ1n) is 10.8. The molecule has 33 heavy (non-hydrogen) atoms. The van der Waals surface area contributed by atoms with E-state index in [0.29, 0.717) is 54.4 Å². The van der Waals surface area contributed by atoms with Gasteiger partial charge in [0.25, 0.3) is 11.8 Å². The lowest BCUT2D eigenvalue weighted by Gasteiger charge is -2.33. The molecule has 2 aromatic carbocycles. The van der Waals surface area contributed by atoms with Crippen molar-refractivity contribution in [1.29, 1.82) is 0 Å². The van der Waals surface area contributed by atoms with Gasteiger partial charge in [-0.1, -0.05) is 24.3 Å². The molecule has 170 valence electrons. The second-order valence-electron chi connectivity index (χ2n) is 7.90. The first-order valence-corrected chi connectivity index (χ1v) is 10.8. The van der Waals surface area contributed by atoms with E-state index in [-0.39, 0.29) is 24.1 Å². The molecule has 2 aliphatic rings. The van der Waals surface area contributed by atoms with Gasteiger partial charge in [-0.3, -0.25) is 14.4 Å². The SMILES string of the molecule is CC(=O)N1C[C@@H](C(=O)Nc2c(C(=O)N3CCOCC3)oc3ccccc23)Oc2ccccc21. The summed E-state index contributed by atoms with van der Waals surface area (Å²) in [6.07, 6.45) is -0.955. The molecule has 9 nitrogen and oxygen atoms in total. The van der Waals surface area contributed by atoms with Gasteiger partial charge in [0.1, 0.15) is 17.0 Å². The van der Waals surface area contributed by atoms with Crippen LogP contribution in [0.5, 0.6) is 5.75 Å². The summed E-state index contributed by atoms with van der Waals surface area (Å²) in [4.78, 5) is 41.8. The fraction of sp³-hybridized carbons (Fsp3) is 0.292. The number of hydrogen-bond acceptors (Lipinski definition) is 6. The molecule has 3 amide bonds. The van der Waals surface area contributed by atoms with Gasteiger partial charge in [-0.15, -0.1) is 0 Å². The average Bonchev–Trinajstić information content (AvgIpc) is 3.21. The number of para-hydroxylation sites is 3. The molecular formula is C24H23N3O6. The summed E-state index contributed by atoms with van der Waals surface area (Å²) in [5, 5.41) is 3.45. The standard InChI is InChI=1S/C24H23N3O6/c1-15(28)27-14-20(32-19-9-5-3-7-17(19)27)23(29)25-21-16-6-2-4-8-18(16)33-22(21)24(30)26-10-12-31-13-11-26/h2-9,20H,10-14H2,1H3,(H,25,29)/t20-/m0/s1. The van der Waals surface area contributed by atoms with E-state index in [1.807, 2.05) is 0 Å². The molecule has 1 aromatic heterocycles. The molecule has 1 atom stereocenters. The second kappa shape index (κ2) is 8.59. The van der Waals surface area contributed by atoms with E-state index in [1.165, 1.54) is 11.8 Å². The Kier molecular flexibility index (Phi) is 5.47. The highest BCUT2D eigenvalue weighted by Gasteiger charge is 2.34. The van der Waals surface area contributed by atoms with Gasteiger partial charge in [0, 0.05) is 25.4 Å². The number of ether oxygens (including phenoxy) is 2. The van der Waals surface area contributed by atoms with Crippen LogP contribution in [0.3, 0.4) is 0 Å². The molecule has 5 rings (SSSR count). The van der Waals surface area contributed by atoms with Crippen molar-refractivity contribution in [3.05, 3.63) is 54.3 Å². The predicted octanol–water partition coefficient (Wildman–Crippen LogP) is 2.66. The number of furan rings is 1. The van der Waals surface area contributed by atoms with E-state index in [4.69, 9.17) is 13.9 Å². The third-order valence-electron chi connectivity index (χ3n) is 5.78. The lowest BCUT2D eigenvalue weighted by Crippen LogP contribution is -2.48. The summed E-state index contributed by atoms with van der Waals surface area (Å²) >= 11 is 0. The Labute approximate surface area is 189 Å². The fourth-order valence-electron chi connectivity index (χ4n) is 4.10. The molecule has 2 aliphatic heterocycles. The van der Waals surface area contributed by atoms with Gasteiger partial charge in [0.05, 0.1) is 25.4 Å². The van der Waals surface area contributed by atoms with Crippen LogP contribution < -0.4 is 15.0 Å².